The van der Waals surface area contributed by atoms with Gasteiger partial charge < -0.3 is 4.57 Å². The van der Waals surface area contributed by atoms with E-state index in [0.29, 0.717) is 35.6 Å². The SMILES string of the molecule is CC(C)Sc1ccc2c(C#N)c(-c3ccc(S(=O)(=O)N4CCCCC4)cn3)n(C3CCC3)c2c1. The Bertz CT molecular complexity index is 1340. The van der Waals surface area contributed by atoms with E-state index in [4.69, 9.17) is 0 Å². The Balaban J connectivity index is 1.61. The van der Waals surface area contributed by atoms with Gasteiger partial charge in [0.05, 0.1) is 22.5 Å². The molecule has 1 saturated heterocycles. The fourth-order valence-electron chi connectivity index (χ4n) is 4.95. The third kappa shape index (κ3) is 4.15. The van der Waals surface area contributed by atoms with Crippen molar-refractivity contribution in [2.45, 2.75) is 73.5 Å². The second-order valence-electron chi connectivity index (χ2n) is 9.48. The molecule has 0 spiro atoms. The van der Waals surface area contributed by atoms with Gasteiger partial charge in [0, 0.05) is 40.9 Å². The maximum absolute atomic E-state index is 13.1. The predicted molar refractivity (Wildman–Crippen MR) is 136 cm³/mol. The Morgan fingerprint density at radius 1 is 1.09 bits per heavy atom. The molecule has 3 aromatic rings. The van der Waals surface area contributed by atoms with Crippen molar-refractivity contribution in [3.05, 3.63) is 42.1 Å². The minimum atomic E-state index is -3.54. The van der Waals surface area contributed by atoms with E-state index in [9.17, 15) is 13.7 Å². The fourth-order valence-corrected chi connectivity index (χ4v) is 7.29. The molecular weight excluding hydrogens is 464 g/mol. The van der Waals surface area contributed by atoms with Gasteiger partial charge in [-0.1, -0.05) is 26.3 Å². The molecule has 34 heavy (non-hydrogen) atoms. The molecule has 2 aliphatic rings. The fraction of sp³-hybridized carbons (Fsp3) is 0.462. The molecule has 0 radical (unpaired) electrons. The van der Waals surface area contributed by atoms with E-state index >= 15 is 0 Å². The summed E-state index contributed by atoms with van der Waals surface area (Å²) >= 11 is 1.81. The highest BCUT2D eigenvalue weighted by molar-refractivity contribution is 7.99. The molecule has 2 aromatic heterocycles. The lowest BCUT2D eigenvalue weighted by Crippen LogP contribution is -2.35. The molecule has 178 valence electrons. The highest BCUT2D eigenvalue weighted by atomic mass is 32.2. The number of nitriles is 1. The normalized spacial score (nSPS) is 17.7. The highest BCUT2D eigenvalue weighted by Gasteiger charge is 2.30. The molecule has 1 aromatic carbocycles. The van der Waals surface area contributed by atoms with Gasteiger partial charge in [-0.25, -0.2) is 8.42 Å². The van der Waals surface area contributed by atoms with E-state index in [1.807, 2.05) is 17.8 Å². The van der Waals surface area contributed by atoms with E-state index in [1.165, 1.54) is 17.5 Å². The molecule has 0 bridgehead atoms. The standard InChI is InChI=1S/C26H30N4O2S2/c1-18(2)33-20-9-11-22-23(16-27)26(30(25(22)15-20)19-7-6-8-19)24-12-10-21(17-28-24)34(31,32)29-13-4-3-5-14-29/h9-12,15,17-19H,3-8,13-14H2,1-2H3. The zero-order chi connectivity index (χ0) is 23.9. The van der Waals surface area contributed by atoms with E-state index < -0.39 is 10.0 Å². The number of pyridine rings is 1. The quantitative estimate of drug-likeness (QED) is 0.394. The lowest BCUT2D eigenvalue weighted by atomic mass is 9.92. The largest absolute Gasteiger partial charge is 0.335 e. The Kier molecular flexibility index (Phi) is 6.45. The van der Waals surface area contributed by atoms with Crippen LogP contribution in [0.2, 0.25) is 0 Å². The number of thioether (sulfide) groups is 1. The van der Waals surface area contributed by atoms with E-state index in [1.54, 1.807) is 16.4 Å². The molecule has 0 N–H and O–H groups in total. The molecule has 2 fully saturated rings. The third-order valence-corrected chi connectivity index (χ3v) is 9.71. The van der Waals surface area contributed by atoms with Crippen molar-refractivity contribution < 1.29 is 8.42 Å². The van der Waals surface area contributed by atoms with Gasteiger partial charge in [0.2, 0.25) is 10.0 Å². The Morgan fingerprint density at radius 2 is 1.85 bits per heavy atom. The van der Waals surface area contributed by atoms with Crippen molar-refractivity contribution >= 4 is 32.7 Å². The first-order chi connectivity index (χ1) is 16.4. The maximum Gasteiger partial charge on any atom is 0.244 e. The number of rotatable bonds is 6. The van der Waals surface area contributed by atoms with Gasteiger partial charge in [0.1, 0.15) is 11.0 Å². The van der Waals surface area contributed by atoms with Gasteiger partial charge in [-0.2, -0.15) is 9.57 Å². The van der Waals surface area contributed by atoms with Gasteiger partial charge in [-0.15, -0.1) is 11.8 Å². The summed E-state index contributed by atoms with van der Waals surface area (Å²) < 4.78 is 30.0. The summed E-state index contributed by atoms with van der Waals surface area (Å²) in [7, 11) is -3.54. The van der Waals surface area contributed by atoms with E-state index in [0.717, 1.165) is 48.7 Å². The molecule has 5 rings (SSSR count). The molecule has 1 saturated carbocycles. The van der Waals surface area contributed by atoms with Gasteiger partial charge in [-0.3, -0.25) is 4.98 Å². The first-order valence-corrected chi connectivity index (χ1v) is 14.4. The molecule has 0 amide bonds. The molecular formula is C26H30N4O2S2. The molecule has 8 heteroatoms. The van der Waals surface area contributed by atoms with Crippen molar-refractivity contribution in [1.82, 2.24) is 13.9 Å². The van der Waals surface area contributed by atoms with Crippen LogP contribution in [0.5, 0.6) is 0 Å². The van der Waals surface area contributed by atoms with Crippen LogP contribution in [0, 0.1) is 11.3 Å². The second-order valence-corrected chi connectivity index (χ2v) is 13.1. The maximum atomic E-state index is 13.1. The lowest BCUT2D eigenvalue weighted by molar-refractivity contribution is 0.324. The molecule has 0 atom stereocenters. The topological polar surface area (TPSA) is 79.0 Å². The molecule has 0 unspecified atom stereocenters. The van der Waals surface area contributed by atoms with Crippen LogP contribution in [0.25, 0.3) is 22.3 Å². The van der Waals surface area contributed by atoms with Crippen molar-refractivity contribution in [2.24, 2.45) is 0 Å². The minimum absolute atomic E-state index is 0.221. The minimum Gasteiger partial charge on any atom is -0.335 e. The van der Waals surface area contributed by atoms with Crippen LogP contribution in [-0.2, 0) is 10.0 Å². The average Bonchev–Trinajstić information content (AvgIpc) is 3.11. The summed E-state index contributed by atoms with van der Waals surface area (Å²) in [5, 5.41) is 11.5. The number of aromatic nitrogens is 2. The number of fused-ring (bicyclic) bond motifs is 1. The summed E-state index contributed by atoms with van der Waals surface area (Å²) in [6, 6.07) is 12.5. The number of hydrogen-bond donors (Lipinski definition) is 0. The van der Waals surface area contributed by atoms with Crippen LogP contribution in [0.4, 0.5) is 0 Å². The van der Waals surface area contributed by atoms with Gasteiger partial charge in [0.15, 0.2) is 0 Å². The van der Waals surface area contributed by atoms with E-state index in [2.05, 4.69) is 41.6 Å². The summed E-state index contributed by atoms with van der Waals surface area (Å²) in [4.78, 5) is 6.01. The summed E-state index contributed by atoms with van der Waals surface area (Å²) in [5.41, 5.74) is 3.13. The van der Waals surface area contributed by atoms with Gasteiger partial charge in [0.25, 0.3) is 0 Å². The smallest absolute Gasteiger partial charge is 0.244 e. The third-order valence-electron chi connectivity index (χ3n) is 6.83. The highest BCUT2D eigenvalue weighted by Crippen LogP contribution is 2.43. The summed E-state index contributed by atoms with van der Waals surface area (Å²) in [6.45, 7) is 5.48. The van der Waals surface area contributed by atoms with Crippen molar-refractivity contribution in [2.75, 3.05) is 13.1 Å². The number of piperidine rings is 1. The number of hydrogen-bond acceptors (Lipinski definition) is 5. The summed E-state index contributed by atoms with van der Waals surface area (Å²) in [5.74, 6) is 0. The summed E-state index contributed by atoms with van der Waals surface area (Å²) in [6.07, 6.45) is 7.65. The second kappa shape index (κ2) is 9.37. The molecule has 3 heterocycles. The van der Waals surface area contributed by atoms with Crippen LogP contribution in [0.3, 0.4) is 0 Å². The van der Waals surface area contributed by atoms with Crippen molar-refractivity contribution in [3.63, 3.8) is 0 Å². The van der Waals surface area contributed by atoms with Gasteiger partial charge in [-0.05, 0) is 56.4 Å². The first kappa shape index (κ1) is 23.4. The van der Waals surface area contributed by atoms with Crippen LogP contribution < -0.4 is 0 Å². The van der Waals surface area contributed by atoms with Crippen LogP contribution in [-0.4, -0.2) is 40.6 Å². The van der Waals surface area contributed by atoms with Crippen LogP contribution >= 0.6 is 11.8 Å². The number of benzene rings is 1. The van der Waals surface area contributed by atoms with Crippen LogP contribution in [0.15, 0.2) is 46.3 Å². The Hall–Kier alpha value is -2.34. The zero-order valence-corrected chi connectivity index (χ0v) is 21.3. The Morgan fingerprint density at radius 3 is 2.44 bits per heavy atom. The molecule has 6 nitrogen and oxygen atoms in total. The van der Waals surface area contributed by atoms with Crippen molar-refractivity contribution in [1.29, 1.82) is 5.26 Å². The number of sulfonamides is 1. The zero-order valence-electron chi connectivity index (χ0n) is 19.7. The Labute approximate surface area is 206 Å². The van der Waals surface area contributed by atoms with Crippen molar-refractivity contribution in [3.8, 4) is 17.5 Å². The number of nitrogens with zero attached hydrogens (tertiary/aromatic N) is 4. The predicted octanol–water partition coefficient (Wildman–Crippen LogP) is 5.98. The lowest BCUT2D eigenvalue weighted by Gasteiger charge is -2.30. The first-order valence-electron chi connectivity index (χ1n) is 12.1. The van der Waals surface area contributed by atoms with Gasteiger partial charge >= 0.3 is 0 Å². The van der Waals surface area contributed by atoms with Crippen LogP contribution in [0.1, 0.15) is 64.0 Å². The molecule has 1 aliphatic carbocycles. The average molecular weight is 495 g/mol. The van der Waals surface area contributed by atoms with E-state index in [-0.39, 0.29) is 4.90 Å². The monoisotopic (exact) mass is 494 g/mol. The molecule has 1 aliphatic heterocycles.